The van der Waals surface area contributed by atoms with Crippen LogP contribution in [0.5, 0.6) is 0 Å². The van der Waals surface area contributed by atoms with Gasteiger partial charge in [-0.05, 0) is 26.0 Å². The number of nitrogens with zero attached hydrogens (tertiary/aromatic N) is 4. The highest BCUT2D eigenvalue weighted by atomic mass is 32.2. The molecule has 1 fully saturated rings. The Morgan fingerprint density at radius 2 is 1.79 bits per heavy atom. The van der Waals surface area contributed by atoms with Crippen molar-refractivity contribution in [3.05, 3.63) is 35.4 Å². The fourth-order valence-corrected chi connectivity index (χ4v) is 5.13. The Morgan fingerprint density at radius 1 is 1.14 bits per heavy atom. The normalized spacial score (nSPS) is 15.2. The summed E-state index contributed by atoms with van der Waals surface area (Å²) in [5.74, 6) is -0.395. The second kappa shape index (κ2) is 8.84. The van der Waals surface area contributed by atoms with E-state index in [-0.39, 0.29) is 42.3 Å². The molecule has 0 radical (unpaired) electrons. The molecule has 156 valence electrons. The van der Waals surface area contributed by atoms with Gasteiger partial charge in [0, 0.05) is 31.7 Å². The zero-order valence-corrected chi connectivity index (χ0v) is 17.6. The van der Waals surface area contributed by atoms with Gasteiger partial charge < -0.3 is 9.64 Å². The van der Waals surface area contributed by atoms with Crippen LogP contribution in [0.1, 0.15) is 22.8 Å². The first-order valence-electron chi connectivity index (χ1n) is 8.94. The standard InChI is InChI=1S/C17H21N5O5S2/c1-3-27-17(24)21-8-10-22(11-9-21)29(25,26)16-20-19-15(28-16)18-14(23)13-6-4-12(2)5-7-13/h4-7H,3,8-11H2,1-2H3,(H,18,19,23). The van der Waals surface area contributed by atoms with Gasteiger partial charge in [-0.3, -0.25) is 10.1 Å². The van der Waals surface area contributed by atoms with Gasteiger partial charge in [-0.2, -0.15) is 4.31 Å². The van der Waals surface area contributed by atoms with Crippen molar-refractivity contribution in [2.24, 2.45) is 0 Å². The minimum atomic E-state index is -3.86. The van der Waals surface area contributed by atoms with Crippen molar-refractivity contribution >= 4 is 38.5 Å². The Morgan fingerprint density at radius 3 is 2.41 bits per heavy atom. The molecule has 1 aliphatic rings. The number of carbonyl (C=O) groups is 2. The fourth-order valence-electron chi connectivity index (χ4n) is 2.67. The predicted octanol–water partition coefficient (Wildman–Crippen LogP) is 1.56. The molecular formula is C17H21N5O5S2. The second-order valence-corrected chi connectivity index (χ2v) is 9.37. The van der Waals surface area contributed by atoms with Gasteiger partial charge in [-0.15, -0.1) is 10.2 Å². The SMILES string of the molecule is CCOC(=O)N1CCN(S(=O)(=O)c2nnc(NC(=O)c3ccc(C)cc3)s2)CC1. The maximum absolute atomic E-state index is 12.8. The van der Waals surface area contributed by atoms with E-state index in [1.807, 2.05) is 6.92 Å². The second-order valence-electron chi connectivity index (χ2n) is 6.28. The third kappa shape index (κ3) is 4.89. The molecule has 29 heavy (non-hydrogen) atoms. The third-order valence-corrected chi connectivity index (χ3v) is 7.35. The van der Waals surface area contributed by atoms with Crippen molar-refractivity contribution in [2.45, 2.75) is 18.2 Å². The van der Waals surface area contributed by atoms with Crippen LogP contribution >= 0.6 is 11.3 Å². The molecule has 12 heteroatoms. The first-order chi connectivity index (χ1) is 13.8. The summed E-state index contributed by atoms with van der Waals surface area (Å²) < 4.78 is 31.5. The lowest BCUT2D eigenvalue weighted by atomic mass is 10.1. The topological polar surface area (TPSA) is 122 Å². The Bertz CT molecular complexity index is 982. The summed E-state index contributed by atoms with van der Waals surface area (Å²) in [4.78, 5) is 25.5. The average Bonchev–Trinajstić information content (AvgIpc) is 3.18. The quantitative estimate of drug-likeness (QED) is 0.702. The van der Waals surface area contributed by atoms with Gasteiger partial charge in [-0.25, -0.2) is 13.2 Å². The van der Waals surface area contributed by atoms with Crippen LogP contribution in [-0.2, 0) is 14.8 Å². The summed E-state index contributed by atoms with van der Waals surface area (Å²) in [6.07, 6.45) is -0.457. The van der Waals surface area contributed by atoms with E-state index < -0.39 is 22.0 Å². The number of nitrogens with one attached hydrogen (secondary N) is 1. The number of amides is 2. The number of aromatic nitrogens is 2. The number of rotatable bonds is 5. The molecular weight excluding hydrogens is 418 g/mol. The van der Waals surface area contributed by atoms with Gasteiger partial charge in [0.05, 0.1) is 6.61 Å². The summed E-state index contributed by atoms with van der Waals surface area (Å²) in [5.41, 5.74) is 1.46. The van der Waals surface area contributed by atoms with Crippen molar-refractivity contribution < 1.29 is 22.7 Å². The smallest absolute Gasteiger partial charge is 0.409 e. The van der Waals surface area contributed by atoms with Crippen molar-refractivity contribution in [3.8, 4) is 0 Å². The summed E-state index contributed by atoms with van der Waals surface area (Å²) in [7, 11) is -3.86. The van der Waals surface area contributed by atoms with Crippen molar-refractivity contribution in [3.63, 3.8) is 0 Å². The minimum absolute atomic E-state index is 0.0966. The highest BCUT2D eigenvalue weighted by molar-refractivity contribution is 7.91. The molecule has 2 amide bonds. The zero-order valence-electron chi connectivity index (χ0n) is 16.0. The fraction of sp³-hybridized carbons (Fsp3) is 0.412. The van der Waals surface area contributed by atoms with Gasteiger partial charge in [-0.1, -0.05) is 29.0 Å². The van der Waals surface area contributed by atoms with Gasteiger partial charge >= 0.3 is 6.09 Å². The van der Waals surface area contributed by atoms with Crippen molar-refractivity contribution in [1.82, 2.24) is 19.4 Å². The summed E-state index contributed by atoms with van der Waals surface area (Å²) in [6, 6.07) is 6.96. The third-order valence-electron chi connectivity index (χ3n) is 4.27. The molecule has 0 atom stereocenters. The Balaban J connectivity index is 1.64. The summed E-state index contributed by atoms with van der Waals surface area (Å²) in [5, 5.41) is 10.2. The van der Waals surface area contributed by atoms with E-state index in [0.717, 1.165) is 16.9 Å². The number of hydrogen-bond acceptors (Lipinski definition) is 8. The van der Waals surface area contributed by atoms with Crippen molar-refractivity contribution in [2.75, 3.05) is 38.1 Å². The lowest BCUT2D eigenvalue weighted by Crippen LogP contribution is -2.50. The summed E-state index contributed by atoms with van der Waals surface area (Å²) >= 11 is 0.786. The molecule has 0 bridgehead atoms. The van der Waals surface area contributed by atoms with Gasteiger partial charge in [0.2, 0.25) is 9.47 Å². The number of piperazine rings is 1. The highest BCUT2D eigenvalue weighted by Gasteiger charge is 2.33. The largest absolute Gasteiger partial charge is 0.450 e. The first kappa shape index (κ1) is 21.1. The minimum Gasteiger partial charge on any atom is -0.450 e. The van der Waals surface area contributed by atoms with E-state index >= 15 is 0 Å². The lowest BCUT2D eigenvalue weighted by Gasteiger charge is -2.32. The van der Waals surface area contributed by atoms with E-state index in [1.54, 1.807) is 31.2 Å². The van der Waals surface area contributed by atoms with Crippen LogP contribution in [0, 0.1) is 6.92 Å². The van der Waals surface area contributed by atoms with E-state index in [4.69, 9.17) is 4.74 Å². The van der Waals surface area contributed by atoms with Crippen LogP contribution in [0.25, 0.3) is 0 Å². The average molecular weight is 440 g/mol. The van der Waals surface area contributed by atoms with E-state index in [1.165, 1.54) is 9.21 Å². The molecule has 0 unspecified atom stereocenters. The molecule has 1 aromatic carbocycles. The van der Waals surface area contributed by atoms with Crippen LogP contribution in [0.2, 0.25) is 0 Å². The van der Waals surface area contributed by atoms with Gasteiger partial charge in [0.15, 0.2) is 0 Å². The molecule has 10 nitrogen and oxygen atoms in total. The van der Waals surface area contributed by atoms with Gasteiger partial charge in [0.25, 0.3) is 15.9 Å². The number of hydrogen-bond donors (Lipinski definition) is 1. The Labute approximate surface area is 172 Å². The van der Waals surface area contributed by atoms with E-state index in [0.29, 0.717) is 5.56 Å². The van der Waals surface area contributed by atoms with E-state index in [2.05, 4.69) is 15.5 Å². The monoisotopic (exact) mass is 439 g/mol. The molecule has 0 spiro atoms. The van der Waals surface area contributed by atoms with Crippen LogP contribution in [0.15, 0.2) is 28.6 Å². The maximum atomic E-state index is 12.8. The number of aryl methyl sites for hydroxylation is 1. The van der Waals surface area contributed by atoms with Crippen LogP contribution in [0.3, 0.4) is 0 Å². The van der Waals surface area contributed by atoms with Crippen molar-refractivity contribution in [1.29, 1.82) is 0 Å². The number of ether oxygens (including phenoxy) is 1. The molecule has 0 saturated carbocycles. The predicted molar refractivity (Wildman–Crippen MR) is 106 cm³/mol. The number of sulfonamides is 1. The zero-order chi connectivity index (χ0) is 21.0. The molecule has 1 N–H and O–H groups in total. The Kier molecular flexibility index (Phi) is 6.45. The number of anilines is 1. The molecule has 3 rings (SSSR count). The van der Waals surface area contributed by atoms with Crippen LogP contribution < -0.4 is 5.32 Å². The molecule has 1 aromatic heterocycles. The Hall–Kier alpha value is -2.57. The molecule has 1 aliphatic heterocycles. The molecule has 2 aromatic rings. The van der Waals surface area contributed by atoms with Gasteiger partial charge in [0.1, 0.15) is 0 Å². The number of carbonyl (C=O) groups excluding carboxylic acids is 2. The van der Waals surface area contributed by atoms with Crippen LogP contribution in [0.4, 0.5) is 9.93 Å². The maximum Gasteiger partial charge on any atom is 0.409 e. The van der Waals surface area contributed by atoms with E-state index in [9.17, 15) is 18.0 Å². The highest BCUT2D eigenvalue weighted by Crippen LogP contribution is 2.24. The van der Waals surface area contributed by atoms with Crippen LogP contribution in [-0.4, -0.2) is 72.6 Å². The first-order valence-corrected chi connectivity index (χ1v) is 11.2. The molecule has 0 aliphatic carbocycles. The lowest BCUT2D eigenvalue weighted by molar-refractivity contribution is 0.0933. The molecule has 2 heterocycles. The molecule has 1 saturated heterocycles. The summed E-state index contributed by atoms with van der Waals surface area (Å²) in [6.45, 7) is 4.61. The number of benzene rings is 1.